The molecule has 0 bridgehead atoms. The van der Waals surface area contributed by atoms with Gasteiger partial charge in [-0.25, -0.2) is 0 Å². The molecule has 1 aromatic heterocycles. The van der Waals surface area contributed by atoms with Crippen molar-refractivity contribution >= 4 is 52.9 Å². The number of aliphatic imine (C=N–C) groups is 1. The standard InChI is InChI=1S/C22H30ClN3O2S.HI/c1-3-24-21(25-14-18(27)19-8-9-20(23)29-19)26-15-22(10-12-28-13-11-22)17-7-5-4-6-16(17)2;/h4-9,18,27H,3,10-15H2,1-2H3,(H2,24,25,26);1H. The molecule has 2 heterocycles. The average Bonchev–Trinajstić information content (AvgIpc) is 3.17. The molecule has 1 unspecified atom stereocenters. The SMILES string of the molecule is CCNC(=NCC1(c2ccccc2C)CCOCC1)NCC(O)c1ccc(Cl)s1.I. The summed E-state index contributed by atoms with van der Waals surface area (Å²) >= 11 is 7.38. The van der Waals surface area contributed by atoms with E-state index in [2.05, 4.69) is 41.8 Å². The Morgan fingerprint density at radius 3 is 2.60 bits per heavy atom. The molecule has 2 aromatic rings. The minimum Gasteiger partial charge on any atom is -0.386 e. The Balaban J connectivity index is 0.00000320. The fourth-order valence-corrected chi connectivity index (χ4v) is 4.86. The lowest BCUT2D eigenvalue weighted by Gasteiger charge is -2.37. The van der Waals surface area contributed by atoms with Gasteiger partial charge in [-0.1, -0.05) is 35.9 Å². The summed E-state index contributed by atoms with van der Waals surface area (Å²) in [6.45, 7) is 7.53. The zero-order chi connectivity index (χ0) is 20.7. The molecule has 0 spiro atoms. The van der Waals surface area contributed by atoms with Crippen molar-refractivity contribution in [2.75, 3.05) is 32.8 Å². The summed E-state index contributed by atoms with van der Waals surface area (Å²) in [7, 11) is 0. The number of aliphatic hydroxyl groups excluding tert-OH is 1. The molecule has 0 radical (unpaired) electrons. The Morgan fingerprint density at radius 2 is 1.97 bits per heavy atom. The van der Waals surface area contributed by atoms with Crippen molar-refractivity contribution in [2.45, 2.75) is 38.2 Å². The van der Waals surface area contributed by atoms with Crippen LogP contribution in [-0.2, 0) is 10.2 Å². The minimum absolute atomic E-state index is 0. The van der Waals surface area contributed by atoms with Crippen LogP contribution in [0.4, 0.5) is 0 Å². The normalized spacial score (nSPS) is 17.1. The number of guanidine groups is 1. The predicted octanol–water partition coefficient (Wildman–Crippen LogP) is 4.66. The maximum atomic E-state index is 10.4. The second-order valence-electron chi connectivity index (χ2n) is 7.44. The second-order valence-corrected chi connectivity index (χ2v) is 9.19. The lowest BCUT2D eigenvalue weighted by molar-refractivity contribution is 0.0529. The van der Waals surface area contributed by atoms with Gasteiger partial charge in [0.15, 0.2) is 5.96 Å². The maximum absolute atomic E-state index is 10.4. The first-order valence-corrected chi connectivity index (χ1v) is 11.3. The summed E-state index contributed by atoms with van der Waals surface area (Å²) in [5, 5.41) is 17.0. The monoisotopic (exact) mass is 563 g/mol. The predicted molar refractivity (Wildman–Crippen MR) is 137 cm³/mol. The summed E-state index contributed by atoms with van der Waals surface area (Å²) in [5.74, 6) is 0.716. The summed E-state index contributed by atoms with van der Waals surface area (Å²) in [4.78, 5) is 5.75. The molecule has 1 aliphatic rings. The fraction of sp³-hybridized carbons (Fsp3) is 0.500. The fourth-order valence-electron chi connectivity index (χ4n) is 3.82. The van der Waals surface area contributed by atoms with Gasteiger partial charge < -0.3 is 20.5 Å². The molecule has 1 aromatic carbocycles. The highest BCUT2D eigenvalue weighted by Gasteiger charge is 2.35. The lowest BCUT2D eigenvalue weighted by Crippen LogP contribution is -2.42. The molecule has 0 saturated carbocycles. The molecular formula is C22H31ClIN3O2S. The third-order valence-electron chi connectivity index (χ3n) is 5.44. The van der Waals surface area contributed by atoms with E-state index in [-0.39, 0.29) is 29.4 Å². The van der Waals surface area contributed by atoms with E-state index in [1.807, 2.05) is 13.0 Å². The number of rotatable bonds is 7. The number of ether oxygens (including phenoxy) is 1. The Bertz CT molecular complexity index is 824. The molecular weight excluding hydrogens is 533 g/mol. The number of aryl methyl sites for hydroxylation is 1. The van der Waals surface area contributed by atoms with Crippen molar-refractivity contribution in [3.8, 4) is 0 Å². The Morgan fingerprint density at radius 1 is 1.23 bits per heavy atom. The average molecular weight is 564 g/mol. The van der Waals surface area contributed by atoms with Crippen LogP contribution >= 0.6 is 46.9 Å². The minimum atomic E-state index is -0.621. The molecule has 5 nitrogen and oxygen atoms in total. The third-order valence-corrected chi connectivity index (χ3v) is 6.77. The summed E-state index contributed by atoms with van der Waals surface area (Å²) in [5.41, 5.74) is 2.63. The first-order chi connectivity index (χ1) is 14.0. The number of thiophene rings is 1. The van der Waals surface area contributed by atoms with Crippen LogP contribution in [0.25, 0.3) is 0 Å². The van der Waals surface area contributed by atoms with Gasteiger partial charge in [0, 0.05) is 36.6 Å². The Labute approximate surface area is 205 Å². The van der Waals surface area contributed by atoms with Crippen LogP contribution in [0, 0.1) is 6.92 Å². The molecule has 1 atom stereocenters. The number of hydrogen-bond donors (Lipinski definition) is 3. The van der Waals surface area contributed by atoms with Gasteiger partial charge in [0.2, 0.25) is 0 Å². The maximum Gasteiger partial charge on any atom is 0.191 e. The second kappa shape index (κ2) is 12.2. The number of nitrogens with one attached hydrogen (secondary N) is 2. The van der Waals surface area contributed by atoms with E-state index in [1.165, 1.54) is 22.5 Å². The van der Waals surface area contributed by atoms with E-state index in [9.17, 15) is 5.11 Å². The number of hydrogen-bond acceptors (Lipinski definition) is 4. The van der Waals surface area contributed by atoms with Gasteiger partial charge in [-0.3, -0.25) is 4.99 Å². The van der Waals surface area contributed by atoms with E-state index in [0.717, 1.165) is 37.5 Å². The van der Waals surface area contributed by atoms with E-state index in [4.69, 9.17) is 21.3 Å². The quantitative estimate of drug-likeness (QED) is 0.260. The molecule has 30 heavy (non-hydrogen) atoms. The van der Waals surface area contributed by atoms with Crippen molar-refractivity contribution in [3.63, 3.8) is 0 Å². The van der Waals surface area contributed by atoms with Crippen LogP contribution in [0.1, 0.15) is 41.9 Å². The number of benzene rings is 1. The molecule has 3 N–H and O–H groups in total. The molecule has 166 valence electrons. The first kappa shape index (κ1) is 25.4. The van der Waals surface area contributed by atoms with E-state index in [0.29, 0.717) is 23.4 Å². The molecule has 0 aliphatic carbocycles. The van der Waals surface area contributed by atoms with Gasteiger partial charge in [0.05, 0.1) is 10.9 Å². The molecule has 1 aliphatic heterocycles. The topological polar surface area (TPSA) is 65.9 Å². The largest absolute Gasteiger partial charge is 0.386 e. The van der Waals surface area contributed by atoms with E-state index in [1.54, 1.807) is 6.07 Å². The van der Waals surface area contributed by atoms with Crippen LogP contribution in [-0.4, -0.2) is 43.9 Å². The van der Waals surface area contributed by atoms with Crippen LogP contribution in [0.15, 0.2) is 41.4 Å². The Kier molecular flexibility index (Phi) is 10.4. The highest BCUT2D eigenvalue weighted by Crippen LogP contribution is 2.37. The zero-order valence-electron chi connectivity index (χ0n) is 17.5. The summed E-state index contributed by atoms with van der Waals surface area (Å²) in [6.07, 6.45) is 1.29. The Hall–Kier alpha value is -0.870. The summed E-state index contributed by atoms with van der Waals surface area (Å²) in [6, 6.07) is 12.2. The summed E-state index contributed by atoms with van der Waals surface area (Å²) < 4.78 is 6.33. The zero-order valence-corrected chi connectivity index (χ0v) is 21.4. The first-order valence-electron chi connectivity index (χ1n) is 10.1. The number of halogens is 2. The molecule has 1 saturated heterocycles. The smallest absolute Gasteiger partial charge is 0.191 e. The molecule has 1 fully saturated rings. The van der Waals surface area contributed by atoms with Crippen LogP contribution in [0.5, 0.6) is 0 Å². The van der Waals surface area contributed by atoms with Crippen LogP contribution in [0.3, 0.4) is 0 Å². The molecule has 8 heteroatoms. The van der Waals surface area contributed by atoms with Gasteiger partial charge in [0.1, 0.15) is 6.10 Å². The number of aliphatic hydroxyl groups is 1. The molecule has 3 rings (SSSR count). The van der Waals surface area contributed by atoms with Gasteiger partial charge in [-0.2, -0.15) is 0 Å². The van der Waals surface area contributed by atoms with E-state index < -0.39 is 6.10 Å². The van der Waals surface area contributed by atoms with E-state index >= 15 is 0 Å². The highest BCUT2D eigenvalue weighted by atomic mass is 127. The van der Waals surface area contributed by atoms with Crippen molar-refractivity contribution < 1.29 is 9.84 Å². The van der Waals surface area contributed by atoms with Crippen LogP contribution < -0.4 is 10.6 Å². The van der Waals surface area contributed by atoms with Crippen LogP contribution in [0.2, 0.25) is 4.34 Å². The van der Waals surface area contributed by atoms with Crippen molar-refractivity contribution in [1.29, 1.82) is 0 Å². The number of nitrogens with zero attached hydrogens (tertiary/aromatic N) is 1. The van der Waals surface area contributed by atoms with Gasteiger partial charge >= 0.3 is 0 Å². The highest BCUT2D eigenvalue weighted by molar-refractivity contribution is 14.0. The van der Waals surface area contributed by atoms with Gasteiger partial charge in [-0.05, 0) is 49.9 Å². The van der Waals surface area contributed by atoms with Gasteiger partial charge in [0.25, 0.3) is 0 Å². The van der Waals surface area contributed by atoms with Crippen molar-refractivity contribution in [3.05, 3.63) is 56.7 Å². The third kappa shape index (κ3) is 6.56. The van der Waals surface area contributed by atoms with Crippen molar-refractivity contribution in [1.82, 2.24) is 10.6 Å². The lowest BCUT2D eigenvalue weighted by atomic mass is 9.72. The van der Waals surface area contributed by atoms with Gasteiger partial charge in [-0.15, -0.1) is 35.3 Å². The van der Waals surface area contributed by atoms with Crippen molar-refractivity contribution in [2.24, 2.45) is 4.99 Å². The molecule has 0 amide bonds.